The van der Waals surface area contributed by atoms with Gasteiger partial charge in [-0.25, -0.2) is 4.79 Å². The first-order valence-electron chi connectivity index (χ1n) is 5.69. The second kappa shape index (κ2) is 4.53. The van der Waals surface area contributed by atoms with Gasteiger partial charge in [0.2, 0.25) is 0 Å². The molecule has 0 saturated carbocycles. The topological polar surface area (TPSA) is 50.2 Å². The summed E-state index contributed by atoms with van der Waals surface area (Å²) in [5.74, 6) is -0.337. The molecule has 1 aromatic carbocycles. The van der Waals surface area contributed by atoms with Crippen molar-refractivity contribution in [2.45, 2.75) is 20.3 Å². The quantitative estimate of drug-likeness (QED) is 0.879. The molecule has 0 bridgehead atoms. The summed E-state index contributed by atoms with van der Waals surface area (Å²) in [6.45, 7) is 4.30. The van der Waals surface area contributed by atoms with E-state index in [9.17, 15) is 4.79 Å². The third-order valence-corrected chi connectivity index (χ3v) is 2.61. The molecule has 1 N–H and O–H groups in total. The van der Waals surface area contributed by atoms with Crippen molar-refractivity contribution in [3.63, 3.8) is 0 Å². The smallest absolute Gasteiger partial charge is 0.335 e. The van der Waals surface area contributed by atoms with E-state index in [-0.39, 0.29) is 0 Å². The van der Waals surface area contributed by atoms with Crippen LogP contribution in [0.3, 0.4) is 0 Å². The van der Waals surface area contributed by atoms with Gasteiger partial charge in [0.1, 0.15) is 0 Å². The fourth-order valence-electron chi connectivity index (χ4n) is 1.83. The molecule has 0 spiro atoms. The highest BCUT2D eigenvalue weighted by Gasteiger charge is 2.05. The lowest BCUT2D eigenvalue weighted by molar-refractivity contribution is 0.0697. The van der Waals surface area contributed by atoms with Gasteiger partial charge in [0.25, 0.3) is 0 Å². The number of benzene rings is 1. The van der Waals surface area contributed by atoms with Crippen LogP contribution in [-0.2, 0) is 6.42 Å². The molecule has 0 fully saturated rings. The number of hydrogen-bond acceptors (Lipinski definition) is 2. The summed E-state index contributed by atoms with van der Waals surface area (Å²) in [7, 11) is 0. The first kappa shape index (κ1) is 11.6. The van der Waals surface area contributed by atoms with Crippen molar-refractivity contribution in [2.75, 3.05) is 0 Å². The molecule has 0 unspecified atom stereocenters. The lowest BCUT2D eigenvalue weighted by atomic mass is 10.1. The van der Waals surface area contributed by atoms with E-state index in [1.54, 1.807) is 18.2 Å². The van der Waals surface area contributed by atoms with E-state index in [2.05, 4.69) is 18.8 Å². The van der Waals surface area contributed by atoms with Gasteiger partial charge in [-0.3, -0.25) is 4.98 Å². The van der Waals surface area contributed by atoms with Crippen LogP contribution in [0.2, 0.25) is 0 Å². The molecule has 2 aromatic rings. The van der Waals surface area contributed by atoms with Gasteiger partial charge in [-0.05, 0) is 36.6 Å². The van der Waals surface area contributed by atoms with Crippen LogP contribution in [0.25, 0.3) is 10.9 Å². The second-order valence-electron chi connectivity index (χ2n) is 4.61. The summed E-state index contributed by atoms with van der Waals surface area (Å²) in [6, 6.07) is 8.92. The monoisotopic (exact) mass is 229 g/mol. The molecule has 0 aliphatic heterocycles. The molecule has 1 heterocycles. The molecule has 0 atom stereocenters. The third-order valence-electron chi connectivity index (χ3n) is 2.61. The van der Waals surface area contributed by atoms with Gasteiger partial charge in [-0.2, -0.15) is 0 Å². The van der Waals surface area contributed by atoms with Gasteiger partial charge in [0.05, 0.1) is 11.1 Å². The number of fused-ring (bicyclic) bond motifs is 1. The number of carboxylic acids is 1. The average molecular weight is 229 g/mol. The molecular formula is C14H15NO2. The Labute approximate surface area is 100 Å². The fraction of sp³-hybridized carbons (Fsp3) is 0.286. The standard InChI is InChI=1S/C14H15NO2/c1-9(2)7-12-5-3-10-8-11(14(16)17)4-6-13(10)15-12/h3-6,8-9H,7H2,1-2H3,(H,16,17). The molecule has 3 nitrogen and oxygen atoms in total. The van der Waals surface area contributed by atoms with Gasteiger partial charge < -0.3 is 5.11 Å². The number of carbonyl (C=O) groups is 1. The van der Waals surface area contributed by atoms with Gasteiger partial charge >= 0.3 is 5.97 Å². The van der Waals surface area contributed by atoms with E-state index in [1.807, 2.05) is 12.1 Å². The van der Waals surface area contributed by atoms with E-state index in [0.717, 1.165) is 23.0 Å². The maximum Gasteiger partial charge on any atom is 0.335 e. The van der Waals surface area contributed by atoms with Crippen molar-refractivity contribution in [3.8, 4) is 0 Å². The number of nitrogens with zero attached hydrogens (tertiary/aromatic N) is 1. The molecule has 17 heavy (non-hydrogen) atoms. The van der Waals surface area contributed by atoms with Gasteiger partial charge in [0.15, 0.2) is 0 Å². The van der Waals surface area contributed by atoms with E-state index >= 15 is 0 Å². The van der Waals surface area contributed by atoms with Crippen molar-refractivity contribution in [1.29, 1.82) is 0 Å². The van der Waals surface area contributed by atoms with E-state index in [4.69, 9.17) is 5.11 Å². The lowest BCUT2D eigenvalue weighted by Gasteiger charge is -2.06. The number of rotatable bonds is 3. The fourth-order valence-corrected chi connectivity index (χ4v) is 1.83. The van der Waals surface area contributed by atoms with Gasteiger partial charge in [0, 0.05) is 11.1 Å². The van der Waals surface area contributed by atoms with Crippen molar-refractivity contribution < 1.29 is 9.90 Å². The number of aromatic carboxylic acids is 1. The van der Waals surface area contributed by atoms with E-state index in [1.165, 1.54) is 0 Å². The molecular weight excluding hydrogens is 214 g/mol. The van der Waals surface area contributed by atoms with Crippen LogP contribution in [0, 0.1) is 5.92 Å². The van der Waals surface area contributed by atoms with Crippen LogP contribution in [0.15, 0.2) is 30.3 Å². The Kier molecular flexibility index (Phi) is 3.09. The Bertz CT molecular complexity index is 561. The first-order valence-corrected chi connectivity index (χ1v) is 5.69. The van der Waals surface area contributed by atoms with Gasteiger partial charge in [-0.1, -0.05) is 19.9 Å². The zero-order valence-electron chi connectivity index (χ0n) is 9.97. The van der Waals surface area contributed by atoms with Crippen molar-refractivity contribution >= 4 is 16.9 Å². The van der Waals surface area contributed by atoms with Crippen LogP contribution in [0.1, 0.15) is 29.9 Å². The maximum atomic E-state index is 10.8. The number of pyridine rings is 1. The molecule has 0 aliphatic carbocycles. The van der Waals surface area contributed by atoms with Crippen LogP contribution in [0.4, 0.5) is 0 Å². The van der Waals surface area contributed by atoms with Crippen LogP contribution < -0.4 is 0 Å². The van der Waals surface area contributed by atoms with Gasteiger partial charge in [-0.15, -0.1) is 0 Å². The minimum Gasteiger partial charge on any atom is -0.478 e. The Morgan fingerprint density at radius 2 is 2.06 bits per heavy atom. The summed E-state index contributed by atoms with van der Waals surface area (Å²) in [6.07, 6.45) is 0.941. The number of carboxylic acid groups (broad SMARTS) is 1. The summed E-state index contributed by atoms with van der Waals surface area (Å²) in [4.78, 5) is 15.4. The van der Waals surface area contributed by atoms with E-state index < -0.39 is 5.97 Å². The molecule has 0 aliphatic rings. The van der Waals surface area contributed by atoms with Crippen molar-refractivity contribution in [2.24, 2.45) is 5.92 Å². The van der Waals surface area contributed by atoms with E-state index in [0.29, 0.717) is 11.5 Å². The van der Waals surface area contributed by atoms with Crippen LogP contribution >= 0.6 is 0 Å². The molecule has 2 rings (SSSR count). The Balaban J connectivity index is 2.43. The molecule has 1 aromatic heterocycles. The van der Waals surface area contributed by atoms with Crippen molar-refractivity contribution in [3.05, 3.63) is 41.6 Å². The summed E-state index contributed by atoms with van der Waals surface area (Å²) >= 11 is 0. The predicted octanol–water partition coefficient (Wildman–Crippen LogP) is 3.13. The van der Waals surface area contributed by atoms with Crippen LogP contribution in [0.5, 0.6) is 0 Å². The normalized spacial score (nSPS) is 11.0. The number of hydrogen-bond donors (Lipinski definition) is 1. The minimum absolute atomic E-state index is 0.302. The molecule has 0 saturated heterocycles. The molecule has 88 valence electrons. The predicted molar refractivity (Wildman–Crippen MR) is 67.2 cm³/mol. The minimum atomic E-state index is -0.904. The SMILES string of the molecule is CC(C)Cc1ccc2cc(C(=O)O)ccc2n1. The zero-order chi connectivity index (χ0) is 12.4. The second-order valence-corrected chi connectivity index (χ2v) is 4.61. The molecule has 3 heteroatoms. The Hall–Kier alpha value is -1.90. The molecule has 0 amide bonds. The molecule has 0 radical (unpaired) electrons. The number of aromatic nitrogens is 1. The largest absolute Gasteiger partial charge is 0.478 e. The highest BCUT2D eigenvalue weighted by Crippen LogP contribution is 2.16. The summed E-state index contributed by atoms with van der Waals surface area (Å²) < 4.78 is 0. The first-order chi connectivity index (χ1) is 8.06. The third kappa shape index (κ3) is 2.61. The van der Waals surface area contributed by atoms with Crippen LogP contribution in [-0.4, -0.2) is 16.1 Å². The highest BCUT2D eigenvalue weighted by atomic mass is 16.4. The zero-order valence-corrected chi connectivity index (χ0v) is 9.97. The van der Waals surface area contributed by atoms with Crippen molar-refractivity contribution in [1.82, 2.24) is 4.98 Å². The average Bonchev–Trinajstić information content (AvgIpc) is 2.27. The Morgan fingerprint density at radius 1 is 1.29 bits per heavy atom. The summed E-state index contributed by atoms with van der Waals surface area (Å²) in [5, 5.41) is 9.77. The maximum absolute atomic E-state index is 10.8. The Morgan fingerprint density at radius 3 is 2.71 bits per heavy atom. The lowest BCUT2D eigenvalue weighted by Crippen LogP contribution is -1.99. The summed E-state index contributed by atoms with van der Waals surface area (Å²) in [5.41, 5.74) is 2.21. The highest BCUT2D eigenvalue weighted by molar-refractivity contribution is 5.93.